The van der Waals surface area contributed by atoms with Crippen molar-refractivity contribution in [2.24, 2.45) is 37.9 Å². The maximum absolute atomic E-state index is 6.30. The summed E-state index contributed by atoms with van der Waals surface area (Å²) in [5, 5.41) is 1.26. The molecule has 2 atom stereocenters. The van der Waals surface area contributed by atoms with Crippen molar-refractivity contribution in [2.75, 3.05) is 20.1 Å². The van der Waals surface area contributed by atoms with E-state index in [4.69, 9.17) is 9.40 Å². The van der Waals surface area contributed by atoms with Crippen LogP contribution in [0.4, 0.5) is 0 Å². The molecule has 2 aliphatic rings. The summed E-state index contributed by atoms with van der Waals surface area (Å²) in [4.78, 5) is 14.8. The Labute approximate surface area is 833 Å². The molecule has 0 amide bonds. The Morgan fingerprint density at radius 2 is 0.674 bits per heavy atom. The second kappa shape index (κ2) is 40.5. The topological polar surface area (TPSA) is 47.3 Å². The minimum absolute atomic E-state index is 0. The van der Waals surface area contributed by atoms with Gasteiger partial charge in [0.1, 0.15) is 11.5 Å². The number of rotatable bonds is 0. The van der Waals surface area contributed by atoms with E-state index in [1.54, 1.807) is 32.2 Å². The van der Waals surface area contributed by atoms with E-state index in [-0.39, 0.29) is 121 Å². The molecule has 8 heterocycles. The van der Waals surface area contributed by atoms with Crippen molar-refractivity contribution in [3.05, 3.63) is 138 Å². The molecule has 6 aromatic rings. The van der Waals surface area contributed by atoms with Crippen LogP contribution in [0.1, 0.15) is 571 Å². The molecule has 0 N–H and O–H groups in total. The van der Waals surface area contributed by atoms with Gasteiger partial charge in [-0.15, -0.1) is 22.7 Å². The molecule has 766 valence electrons. The van der Waals surface area contributed by atoms with Crippen molar-refractivity contribution in [2.45, 2.75) is 587 Å². The number of fused-ring (bicyclic) bond motifs is 1. The van der Waals surface area contributed by atoms with Crippen LogP contribution in [0.15, 0.2) is 21.8 Å². The molecule has 1 saturated heterocycles. The molecule has 1 fully saturated rings. The van der Waals surface area contributed by atoms with Gasteiger partial charge in [-0.3, -0.25) is 4.90 Å². The lowest BCUT2D eigenvalue weighted by molar-refractivity contribution is 0.0520. The quantitative estimate of drug-likeness (QED) is 0.152. The van der Waals surface area contributed by atoms with Crippen LogP contribution in [0, 0.1) is 44.4 Å². The molecule has 2 aliphatic heterocycles. The molecule has 7 nitrogen and oxygen atoms in total. The van der Waals surface area contributed by atoms with Gasteiger partial charge in [-0.25, -0.2) is 4.98 Å². The molecule has 2 unspecified atom stereocenters. The zero-order chi connectivity index (χ0) is 105. The van der Waals surface area contributed by atoms with Gasteiger partial charge >= 0.3 is 0 Å². The van der Waals surface area contributed by atoms with Crippen LogP contribution < -0.4 is 0 Å². The molecular weight excluding hydrogens is 1640 g/mol. The van der Waals surface area contributed by atoms with Crippen molar-refractivity contribution in [1.29, 1.82) is 0 Å². The summed E-state index contributed by atoms with van der Waals surface area (Å²) in [6.45, 7) is 157. The van der Waals surface area contributed by atoms with E-state index in [0.29, 0.717) is 12.0 Å². The Balaban J connectivity index is 0.000000770. The maximum Gasteiger partial charge on any atom is 0.113 e. The third kappa shape index (κ3) is 31.2. The largest absolute Gasteiger partial charge is 0.464 e. The molecule has 0 radical (unpaired) electrons. The van der Waals surface area contributed by atoms with Gasteiger partial charge in [0.25, 0.3) is 0 Å². The lowest BCUT2D eigenvalue weighted by Crippen LogP contribution is -2.53. The predicted molar refractivity (Wildman–Crippen MR) is 601 cm³/mol. The third-order valence-electron chi connectivity index (χ3n) is 25.9. The highest BCUT2D eigenvalue weighted by molar-refractivity contribution is 7.12. The van der Waals surface area contributed by atoms with Gasteiger partial charge < -0.3 is 23.0 Å². The van der Waals surface area contributed by atoms with E-state index in [2.05, 4.69) is 522 Å². The zero-order valence-corrected chi connectivity index (χ0v) is 103. The summed E-state index contributed by atoms with van der Waals surface area (Å²) >= 11 is 3.92. The van der Waals surface area contributed by atoms with Crippen LogP contribution in [0.25, 0.3) is 0 Å². The Morgan fingerprint density at radius 1 is 0.303 bits per heavy atom. The molecule has 0 spiro atoms. The van der Waals surface area contributed by atoms with Gasteiger partial charge in [-0.2, -0.15) is 0 Å². The van der Waals surface area contributed by atoms with Crippen LogP contribution in [-0.4, -0.2) is 60.2 Å². The van der Waals surface area contributed by atoms with Crippen LogP contribution in [0.5, 0.6) is 0 Å². The van der Waals surface area contributed by atoms with Crippen LogP contribution in [-0.2, 0) is 119 Å². The summed E-state index contributed by atoms with van der Waals surface area (Å²) in [5.74, 6) is 2.97. The van der Waals surface area contributed by atoms with Crippen LogP contribution >= 0.6 is 22.7 Å². The lowest BCUT2D eigenvalue weighted by atomic mass is 9.72. The number of hydrogen-bond donors (Lipinski definition) is 0. The average molecular weight is 1870 g/mol. The number of likely N-dealkylation sites (tertiary alicyclic amines) is 1. The number of allylic oxidation sites excluding steroid dienone is 1. The number of furan rings is 1. The number of piperidine rings is 1. The second-order valence-corrected chi connectivity index (χ2v) is 64.0. The fourth-order valence-electron chi connectivity index (χ4n) is 21.5. The van der Waals surface area contributed by atoms with E-state index in [1.165, 1.54) is 108 Å². The van der Waals surface area contributed by atoms with Crippen molar-refractivity contribution in [3.63, 3.8) is 0 Å². The molecule has 132 heavy (non-hydrogen) atoms. The lowest BCUT2D eigenvalue weighted by Gasteiger charge is -2.46. The molecule has 0 aromatic carbocycles. The number of thiazole rings is 1. The van der Waals surface area contributed by atoms with Crippen molar-refractivity contribution >= 4 is 22.7 Å². The van der Waals surface area contributed by atoms with Gasteiger partial charge in [0.2, 0.25) is 0 Å². The fourth-order valence-corrected chi connectivity index (χ4v) is 24.5. The number of thiophene rings is 1. The first kappa shape index (κ1) is 126. The average Bonchev–Trinajstić information content (AvgIpc) is 1.58. The Hall–Kier alpha value is -4.05. The van der Waals surface area contributed by atoms with Gasteiger partial charge in [0.05, 0.1) is 10.7 Å². The second-order valence-electron chi connectivity index (χ2n) is 62.0. The number of aromatic nitrogens is 4. The zero-order valence-electron chi connectivity index (χ0n) is 101. The first-order chi connectivity index (χ1) is 56.7. The standard InChI is InChI=1S/C20H38N2.2C18H33N.C17H31N.C17H30O.C17H30S.C15H27NS.CH4/c1-18(2,3)16-14-13-22(20(7,8)9)12-11-15(14)21(10)17(16)19(4,5)6;1-12-13(16(2,3)4)14(17(5,6)7)15(19(12)11)18(8,9)10;1-12-13(16(2,3)4)15(18(8,9)10)19(11)14(12)17(5,6)7;1-15(2,3)12-11-13(16(4,5)6)18(10)14(12)17(7,8)9;2*1-11-12(15(2,3)4)14(17(8,9)10)18-13(11)16(5,6)7;1-13(2,3)10-11(14(4,5)6)17-12(16-10)15(7,8)9;/h14-15H,11-13H2,1-10H3;2*1-11H3;11H,1-10H3;2*1-10H3;1-9H3;1H4. The normalized spacial score (nSPS) is 16.4. The molecule has 8 rings (SSSR count). The predicted octanol–water partition coefficient (Wildman–Crippen LogP) is 37.2. The van der Waals surface area contributed by atoms with Gasteiger partial charge in [-0.1, -0.05) is 423 Å². The van der Waals surface area contributed by atoms with E-state index >= 15 is 0 Å². The summed E-state index contributed by atoms with van der Waals surface area (Å²) < 4.78 is 13.6. The first-order valence-corrected chi connectivity index (χ1v) is 52.5. The Morgan fingerprint density at radius 3 is 0.932 bits per heavy atom. The third-order valence-corrected chi connectivity index (χ3v) is 30.0. The van der Waals surface area contributed by atoms with Gasteiger partial charge in [0, 0.05) is 173 Å². The van der Waals surface area contributed by atoms with Crippen molar-refractivity contribution in [3.8, 4) is 0 Å². The molecule has 6 aromatic heterocycles. The fraction of sp³-hybridized carbons (Fsp3) is 0.797. The van der Waals surface area contributed by atoms with E-state index in [9.17, 15) is 0 Å². The minimum atomic E-state index is 0. The molecular formula is C123H226N6OS2. The minimum Gasteiger partial charge on any atom is -0.464 e. The van der Waals surface area contributed by atoms with E-state index in [1.807, 2.05) is 22.7 Å². The highest BCUT2D eigenvalue weighted by atomic mass is 32.1. The SMILES string of the molecule is C.CC(C)(C)c1nc(C(C)(C)C)c(C(C)(C)C)s1.CN1C(C(C)(C)C)=C(C(C)(C)C)C2CN(C(C)(C)C)CCC21.Cc1c(C(C)(C)C)c(C(C)(C)C)c(C(C)(C)C)n1C.Cc1c(C(C)(C)C)c(C(C)(C)C)n(C)c1C(C)(C)C.Cc1c(C(C)(C)C)oc(C(C)(C)C)c1C(C)(C)C.Cc1c(C(C)(C)C)sc(C(C)(C)C)c1C(C)(C)C.Cn1c(C(C)(C)C)cc(C(C)(C)C)c1C(C)(C)C. The highest BCUT2D eigenvalue weighted by Crippen LogP contribution is 2.54. The number of nitrogens with zero attached hydrogens (tertiary/aromatic N) is 6. The summed E-state index contributed by atoms with van der Waals surface area (Å²) in [5.41, 5.74) is 30.6. The monoisotopic (exact) mass is 1870 g/mol. The van der Waals surface area contributed by atoms with Crippen LogP contribution in [0.3, 0.4) is 0 Å². The van der Waals surface area contributed by atoms with E-state index < -0.39 is 0 Å². The summed E-state index contributed by atoms with van der Waals surface area (Å²) in [6, 6.07) is 3.11. The maximum atomic E-state index is 6.30. The molecule has 9 heteroatoms. The Bertz CT molecular complexity index is 4460. The molecule has 0 bridgehead atoms. The smallest absolute Gasteiger partial charge is 0.113 e. The molecule has 0 aliphatic carbocycles. The highest BCUT2D eigenvalue weighted by Gasteiger charge is 2.50. The number of hydrogen-bond acceptors (Lipinski definition) is 6. The first-order valence-electron chi connectivity index (χ1n) is 50.9. The van der Waals surface area contributed by atoms with Gasteiger partial charge in [-0.05, 0) is 165 Å². The molecule has 0 saturated carbocycles. The Kier molecular flexibility index (Phi) is 38.7. The van der Waals surface area contributed by atoms with Gasteiger partial charge in [0.15, 0.2) is 0 Å². The van der Waals surface area contributed by atoms with Crippen LogP contribution in [0.2, 0.25) is 0 Å². The van der Waals surface area contributed by atoms with Crippen molar-refractivity contribution in [1.82, 2.24) is 28.5 Å². The summed E-state index contributed by atoms with van der Waals surface area (Å²) in [7, 11) is 9.02. The summed E-state index contributed by atoms with van der Waals surface area (Å²) in [6.07, 6.45) is 1.29. The van der Waals surface area contributed by atoms with E-state index in [0.717, 1.165) is 11.5 Å². The van der Waals surface area contributed by atoms with Crippen molar-refractivity contribution < 1.29 is 4.42 Å².